The van der Waals surface area contributed by atoms with Crippen LogP contribution in [-0.4, -0.2) is 68.0 Å². The van der Waals surface area contributed by atoms with Gasteiger partial charge in [0.05, 0.1) is 13.2 Å². The molecule has 104 valence electrons. The Bertz CT molecular complexity index is 257. The van der Waals surface area contributed by atoms with E-state index in [2.05, 4.69) is 9.47 Å². The molecule has 0 bridgehead atoms. The van der Waals surface area contributed by atoms with Gasteiger partial charge in [-0.1, -0.05) is 0 Å². The average Bonchev–Trinajstić information content (AvgIpc) is 2.93. The highest BCUT2D eigenvalue weighted by Gasteiger charge is 2.27. The van der Waals surface area contributed by atoms with E-state index in [9.17, 15) is 4.79 Å². The predicted octanol–water partition coefficient (Wildman–Crippen LogP) is -1.48. The number of ether oxygens (including phenoxy) is 6. The Balaban J connectivity index is 1.55. The molecular formula is C9H14O9. The maximum absolute atomic E-state index is 11.2. The van der Waals surface area contributed by atoms with Crippen LogP contribution in [0.3, 0.4) is 0 Å². The topological polar surface area (TPSA) is 113 Å². The molecule has 0 amide bonds. The van der Waals surface area contributed by atoms with Crippen molar-refractivity contribution < 1.29 is 43.4 Å². The lowest BCUT2D eigenvalue weighted by molar-refractivity contribution is -0.208. The van der Waals surface area contributed by atoms with Crippen molar-refractivity contribution in [3.8, 4) is 0 Å². The van der Waals surface area contributed by atoms with Crippen LogP contribution in [-0.2, 0) is 28.4 Å². The van der Waals surface area contributed by atoms with Crippen LogP contribution in [0.4, 0.5) is 4.79 Å². The van der Waals surface area contributed by atoms with Gasteiger partial charge in [0.15, 0.2) is 0 Å². The molecule has 9 heteroatoms. The monoisotopic (exact) mass is 266 g/mol. The Morgan fingerprint density at radius 2 is 1.44 bits per heavy atom. The summed E-state index contributed by atoms with van der Waals surface area (Å²) in [5, 5.41) is 17.7. The third-order valence-electron chi connectivity index (χ3n) is 2.24. The molecule has 0 aliphatic carbocycles. The molecule has 2 aliphatic heterocycles. The van der Waals surface area contributed by atoms with Gasteiger partial charge in [0.2, 0.25) is 0 Å². The summed E-state index contributed by atoms with van der Waals surface area (Å²) in [7, 11) is 0. The van der Waals surface area contributed by atoms with Crippen molar-refractivity contribution in [1.29, 1.82) is 0 Å². The first kappa shape index (κ1) is 13.5. The lowest BCUT2D eigenvalue weighted by Crippen LogP contribution is -2.25. The van der Waals surface area contributed by atoms with E-state index in [0.29, 0.717) is 0 Å². The molecule has 0 spiro atoms. The fraction of sp³-hybridized carbons (Fsp3) is 0.889. The standard InChI is InChI=1S/C9H14O9/c10-7(13-1-5-3-15-8(11)17-5)14-2-6-4-16-9(12)18-6/h5-6,8-9,11-12H,1-4H2. The minimum absolute atomic E-state index is 0.0828. The Hall–Kier alpha value is -0.970. The van der Waals surface area contributed by atoms with Crippen molar-refractivity contribution >= 4 is 6.16 Å². The number of aliphatic hydroxyl groups is 2. The summed E-state index contributed by atoms with van der Waals surface area (Å²) >= 11 is 0. The highest BCUT2D eigenvalue weighted by molar-refractivity contribution is 5.59. The van der Waals surface area contributed by atoms with E-state index in [1.807, 2.05) is 0 Å². The molecule has 4 atom stereocenters. The van der Waals surface area contributed by atoms with Gasteiger partial charge in [-0.25, -0.2) is 4.79 Å². The first-order valence-electron chi connectivity index (χ1n) is 5.33. The zero-order valence-electron chi connectivity index (χ0n) is 9.39. The zero-order valence-corrected chi connectivity index (χ0v) is 9.39. The number of hydrogen-bond acceptors (Lipinski definition) is 9. The van der Waals surface area contributed by atoms with Crippen LogP contribution in [0.15, 0.2) is 0 Å². The molecule has 4 unspecified atom stereocenters. The minimum atomic E-state index is -1.28. The summed E-state index contributed by atoms with van der Waals surface area (Å²) in [6.07, 6.45) is -1.93. The van der Waals surface area contributed by atoms with Crippen molar-refractivity contribution in [2.45, 2.75) is 25.2 Å². The fourth-order valence-electron chi connectivity index (χ4n) is 1.40. The molecule has 2 heterocycles. The van der Waals surface area contributed by atoms with Gasteiger partial charge in [0.25, 0.3) is 13.0 Å². The first-order valence-corrected chi connectivity index (χ1v) is 5.33. The minimum Gasteiger partial charge on any atom is -0.431 e. The van der Waals surface area contributed by atoms with Crippen molar-refractivity contribution in [2.75, 3.05) is 26.4 Å². The largest absolute Gasteiger partial charge is 0.508 e. The van der Waals surface area contributed by atoms with E-state index < -0.39 is 31.3 Å². The summed E-state index contributed by atoms with van der Waals surface area (Å²) in [5.74, 6) is 0. The molecule has 0 aromatic carbocycles. The van der Waals surface area contributed by atoms with E-state index in [4.69, 9.17) is 29.2 Å². The van der Waals surface area contributed by atoms with E-state index in [-0.39, 0.29) is 26.4 Å². The molecule has 9 nitrogen and oxygen atoms in total. The zero-order chi connectivity index (χ0) is 13.0. The molecule has 2 fully saturated rings. The second kappa shape index (κ2) is 6.27. The van der Waals surface area contributed by atoms with Crippen LogP contribution < -0.4 is 0 Å². The van der Waals surface area contributed by atoms with E-state index in [1.54, 1.807) is 0 Å². The molecule has 0 aromatic heterocycles. The van der Waals surface area contributed by atoms with Gasteiger partial charge in [0, 0.05) is 0 Å². The second-order valence-corrected chi connectivity index (χ2v) is 3.67. The second-order valence-electron chi connectivity index (χ2n) is 3.67. The Morgan fingerprint density at radius 1 is 1.00 bits per heavy atom. The average molecular weight is 266 g/mol. The summed E-state index contributed by atoms with van der Waals surface area (Å²) in [6.45, 7) is -2.44. The third-order valence-corrected chi connectivity index (χ3v) is 2.24. The smallest absolute Gasteiger partial charge is 0.431 e. The molecule has 2 rings (SSSR count). The van der Waals surface area contributed by atoms with Crippen molar-refractivity contribution in [2.24, 2.45) is 0 Å². The lowest BCUT2D eigenvalue weighted by atomic mass is 10.4. The van der Waals surface area contributed by atoms with Crippen LogP contribution in [0, 0.1) is 0 Å². The Kier molecular flexibility index (Phi) is 4.69. The van der Waals surface area contributed by atoms with Crippen LogP contribution in [0.25, 0.3) is 0 Å². The van der Waals surface area contributed by atoms with Crippen LogP contribution in [0.1, 0.15) is 0 Å². The van der Waals surface area contributed by atoms with Gasteiger partial charge < -0.3 is 38.6 Å². The maximum Gasteiger partial charge on any atom is 0.508 e. The van der Waals surface area contributed by atoms with Crippen molar-refractivity contribution in [3.63, 3.8) is 0 Å². The molecule has 0 aromatic rings. The summed E-state index contributed by atoms with van der Waals surface area (Å²) < 4.78 is 28.5. The van der Waals surface area contributed by atoms with Crippen molar-refractivity contribution in [1.82, 2.24) is 0 Å². The fourth-order valence-corrected chi connectivity index (χ4v) is 1.40. The molecular weight excluding hydrogens is 252 g/mol. The molecule has 2 saturated heterocycles. The van der Waals surface area contributed by atoms with Crippen LogP contribution in [0.2, 0.25) is 0 Å². The van der Waals surface area contributed by atoms with Crippen LogP contribution >= 0.6 is 0 Å². The van der Waals surface area contributed by atoms with E-state index in [0.717, 1.165) is 0 Å². The first-order chi connectivity index (χ1) is 8.63. The number of carbonyl (C=O) groups is 1. The number of carbonyl (C=O) groups excluding carboxylic acids is 1. The van der Waals surface area contributed by atoms with Gasteiger partial charge in [-0.3, -0.25) is 0 Å². The van der Waals surface area contributed by atoms with Crippen molar-refractivity contribution in [3.05, 3.63) is 0 Å². The third kappa shape index (κ3) is 4.05. The van der Waals surface area contributed by atoms with E-state index >= 15 is 0 Å². The summed E-state index contributed by atoms with van der Waals surface area (Å²) in [6, 6.07) is 0. The summed E-state index contributed by atoms with van der Waals surface area (Å²) in [5.41, 5.74) is 0. The number of hydrogen-bond donors (Lipinski definition) is 2. The molecule has 2 aliphatic rings. The van der Waals surface area contributed by atoms with Gasteiger partial charge >= 0.3 is 6.16 Å². The number of rotatable bonds is 4. The molecule has 18 heavy (non-hydrogen) atoms. The maximum atomic E-state index is 11.2. The van der Waals surface area contributed by atoms with Crippen LogP contribution in [0.5, 0.6) is 0 Å². The summed E-state index contributed by atoms with van der Waals surface area (Å²) in [4.78, 5) is 11.2. The Morgan fingerprint density at radius 3 is 1.78 bits per heavy atom. The van der Waals surface area contributed by atoms with Gasteiger partial charge in [-0.05, 0) is 0 Å². The quantitative estimate of drug-likeness (QED) is 0.588. The van der Waals surface area contributed by atoms with E-state index in [1.165, 1.54) is 0 Å². The Labute approximate surface area is 102 Å². The normalized spacial score (nSPS) is 35.7. The predicted molar refractivity (Wildman–Crippen MR) is 51.0 cm³/mol. The number of aliphatic hydroxyl groups excluding tert-OH is 2. The highest BCUT2D eigenvalue weighted by Crippen LogP contribution is 2.11. The van der Waals surface area contributed by atoms with Gasteiger partial charge in [-0.2, -0.15) is 0 Å². The lowest BCUT2D eigenvalue weighted by Gasteiger charge is -2.11. The van der Waals surface area contributed by atoms with Gasteiger partial charge in [-0.15, -0.1) is 0 Å². The van der Waals surface area contributed by atoms with Gasteiger partial charge in [0.1, 0.15) is 25.4 Å². The molecule has 2 N–H and O–H groups in total. The molecule has 0 radical (unpaired) electrons. The highest BCUT2D eigenvalue weighted by atomic mass is 16.8. The SMILES string of the molecule is O=C(OCC1COC(O)O1)OCC1COC(O)O1. The molecule has 0 saturated carbocycles.